The van der Waals surface area contributed by atoms with Gasteiger partial charge in [-0.2, -0.15) is 0 Å². The number of carbonyl (C=O) groups is 1. The van der Waals surface area contributed by atoms with Crippen LogP contribution in [0.1, 0.15) is 12.5 Å². The summed E-state index contributed by atoms with van der Waals surface area (Å²) < 4.78 is 1.63. The van der Waals surface area contributed by atoms with Crippen LogP contribution < -0.4 is 10.9 Å². The lowest BCUT2D eigenvalue weighted by molar-refractivity contribution is -0.113. The van der Waals surface area contributed by atoms with Gasteiger partial charge >= 0.3 is 0 Å². The number of aromatic nitrogens is 4. The number of H-pyrrole nitrogens is 1. The molecule has 23 heavy (non-hydrogen) atoms. The number of benzene rings is 1. The van der Waals surface area contributed by atoms with E-state index in [2.05, 4.69) is 27.4 Å². The standard InChI is InChI=1S/C15H15N5O2S/c1-2-10-3-5-11(6-4-10)16-13(22)9-23-15-19-18-14-17-12(21)7-8-20(14)15/h3-8H,2,9H2,1H3,(H,16,22)(H,17,18,21). The minimum Gasteiger partial charge on any atom is -0.325 e. The second-order valence-electron chi connectivity index (χ2n) is 4.87. The number of amides is 1. The maximum atomic E-state index is 12.0. The zero-order valence-corrected chi connectivity index (χ0v) is 13.3. The number of rotatable bonds is 5. The Kier molecular flexibility index (Phi) is 4.42. The van der Waals surface area contributed by atoms with Gasteiger partial charge in [0.25, 0.3) is 5.56 Å². The van der Waals surface area contributed by atoms with Gasteiger partial charge in [0, 0.05) is 18.0 Å². The summed E-state index contributed by atoms with van der Waals surface area (Å²) in [5, 5.41) is 11.2. The summed E-state index contributed by atoms with van der Waals surface area (Å²) >= 11 is 1.25. The number of nitrogens with zero attached hydrogens (tertiary/aromatic N) is 3. The van der Waals surface area contributed by atoms with E-state index in [1.54, 1.807) is 10.6 Å². The summed E-state index contributed by atoms with van der Waals surface area (Å²) in [6.07, 6.45) is 2.55. The lowest BCUT2D eigenvalue weighted by Crippen LogP contribution is -2.14. The van der Waals surface area contributed by atoms with E-state index in [-0.39, 0.29) is 17.2 Å². The minimum atomic E-state index is -0.241. The predicted octanol–water partition coefficient (Wildman–Crippen LogP) is 1.71. The van der Waals surface area contributed by atoms with Crippen molar-refractivity contribution in [3.8, 4) is 0 Å². The normalized spacial score (nSPS) is 10.8. The molecule has 2 aromatic heterocycles. The van der Waals surface area contributed by atoms with E-state index in [9.17, 15) is 9.59 Å². The van der Waals surface area contributed by atoms with Crippen molar-refractivity contribution in [2.24, 2.45) is 0 Å². The number of anilines is 1. The number of hydrogen-bond acceptors (Lipinski definition) is 5. The summed E-state index contributed by atoms with van der Waals surface area (Å²) in [5.41, 5.74) is 1.75. The fourth-order valence-corrected chi connectivity index (χ4v) is 2.76. The molecule has 0 aliphatic carbocycles. The van der Waals surface area contributed by atoms with Crippen molar-refractivity contribution in [2.75, 3.05) is 11.1 Å². The van der Waals surface area contributed by atoms with Crippen molar-refractivity contribution < 1.29 is 4.79 Å². The summed E-state index contributed by atoms with van der Waals surface area (Å²) in [5.74, 6) is 0.436. The molecule has 2 N–H and O–H groups in total. The number of nitrogens with one attached hydrogen (secondary N) is 2. The molecular formula is C15H15N5O2S. The maximum absolute atomic E-state index is 12.0. The Labute approximate surface area is 136 Å². The molecule has 3 rings (SSSR count). The Balaban J connectivity index is 1.62. The number of hydrogen-bond donors (Lipinski definition) is 2. The highest BCUT2D eigenvalue weighted by atomic mass is 32.2. The molecule has 0 fully saturated rings. The molecule has 1 aromatic carbocycles. The SMILES string of the molecule is CCc1ccc(NC(=O)CSc2nnc3[nH]c(=O)ccn23)cc1. The monoisotopic (exact) mass is 329 g/mol. The molecule has 2 heterocycles. The van der Waals surface area contributed by atoms with Crippen LogP contribution >= 0.6 is 11.8 Å². The lowest BCUT2D eigenvalue weighted by atomic mass is 10.1. The van der Waals surface area contributed by atoms with Gasteiger partial charge in [-0.15, -0.1) is 10.2 Å². The van der Waals surface area contributed by atoms with Crippen molar-refractivity contribution in [3.05, 3.63) is 52.4 Å². The third-order valence-electron chi connectivity index (χ3n) is 3.25. The smallest absolute Gasteiger partial charge is 0.252 e. The second-order valence-corrected chi connectivity index (χ2v) is 5.81. The Morgan fingerprint density at radius 1 is 1.26 bits per heavy atom. The fourth-order valence-electron chi connectivity index (χ4n) is 2.04. The summed E-state index contributed by atoms with van der Waals surface area (Å²) in [6.45, 7) is 2.08. The zero-order valence-electron chi connectivity index (χ0n) is 12.4. The molecule has 0 saturated carbocycles. The van der Waals surface area contributed by atoms with Crippen molar-refractivity contribution in [1.29, 1.82) is 0 Å². The molecule has 3 aromatic rings. The summed E-state index contributed by atoms with van der Waals surface area (Å²) in [4.78, 5) is 25.8. The van der Waals surface area contributed by atoms with E-state index in [0.717, 1.165) is 12.1 Å². The van der Waals surface area contributed by atoms with Gasteiger partial charge in [-0.3, -0.25) is 19.0 Å². The number of aromatic amines is 1. The molecule has 0 atom stereocenters. The van der Waals surface area contributed by atoms with Crippen LogP contribution in [0.3, 0.4) is 0 Å². The highest BCUT2D eigenvalue weighted by Gasteiger charge is 2.09. The number of aryl methyl sites for hydroxylation is 1. The van der Waals surface area contributed by atoms with E-state index >= 15 is 0 Å². The molecule has 0 bridgehead atoms. The van der Waals surface area contributed by atoms with Gasteiger partial charge in [0.15, 0.2) is 5.16 Å². The first kappa shape index (κ1) is 15.3. The molecule has 1 amide bonds. The summed E-state index contributed by atoms with van der Waals surface area (Å²) in [6, 6.07) is 9.14. The van der Waals surface area contributed by atoms with E-state index in [4.69, 9.17) is 0 Å². The maximum Gasteiger partial charge on any atom is 0.252 e. The van der Waals surface area contributed by atoms with E-state index in [1.807, 2.05) is 24.3 Å². The fraction of sp³-hybridized carbons (Fsp3) is 0.200. The Bertz CT molecular complexity index is 885. The van der Waals surface area contributed by atoms with Gasteiger partial charge in [-0.05, 0) is 24.1 Å². The van der Waals surface area contributed by atoms with Crippen LogP contribution in [0.2, 0.25) is 0 Å². The highest BCUT2D eigenvalue weighted by Crippen LogP contribution is 2.16. The molecule has 118 valence electrons. The number of carbonyl (C=O) groups excluding carboxylic acids is 1. The zero-order chi connectivity index (χ0) is 16.2. The molecule has 0 spiro atoms. The topological polar surface area (TPSA) is 92.2 Å². The largest absolute Gasteiger partial charge is 0.325 e. The van der Waals surface area contributed by atoms with Crippen LogP contribution in [0.25, 0.3) is 5.78 Å². The van der Waals surface area contributed by atoms with Crippen molar-refractivity contribution in [2.45, 2.75) is 18.5 Å². The van der Waals surface area contributed by atoms with Crippen LogP contribution in [0.15, 0.2) is 46.5 Å². The number of fused-ring (bicyclic) bond motifs is 1. The predicted molar refractivity (Wildman–Crippen MR) is 88.8 cm³/mol. The second kappa shape index (κ2) is 6.66. The van der Waals surface area contributed by atoms with Gasteiger partial charge in [0.1, 0.15) is 0 Å². The number of thioether (sulfide) groups is 1. The van der Waals surface area contributed by atoms with E-state index in [0.29, 0.717) is 10.9 Å². The molecule has 0 saturated heterocycles. The van der Waals surface area contributed by atoms with Crippen molar-refractivity contribution in [1.82, 2.24) is 19.6 Å². The Hall–Kier alpha value is -2.61. The van der Waals surface area contributed by atoms with Crippen molar-refractivity contribution in [3.63, 3.8) is 0 Å². The molecule has 0 aliphatic heterocycles. The first-order chi connectivity index (χ1) is 11.2. The summed E-state index contributed by atoms with van der Waals surface area (Å²) in [7, 11) is 0. The molecule has 8 heteroatoms. The average molecular weight is 329 g/mol. The van der Waals surface area contributed by atoms with Crippen LogP contribution in [-0.2, 0) is 11.2 Å². The van der Waals surface area contributed by atoms with Crippen LogP contribution in [0.4, 0.5) is 5.69 Å². The van der Waals surface area contributed by atoms with Crippen LogP contribution in [0, 0.1) is 0 Å². The molecule has 0 radical (unpaired) electrons. The van der Waals surface area contributed by atoms with E-state index in [1.165, 1.54) is 23.4 Å². The lowest BCUT2D eigenvalue weighted by Gasteiger charge is -2.05. The van der Waals surface area contributed by atoms with Gasteiger partial charge in [-0.1, -0.05) is 30.8 Å². The molecule has 0 unspecified atom stereocenters. The Morgan fingerprint density at radius 3 is 2.78 bits per heavy atom. The third kappa shape index (κ3) is 3.59. The van der Waals surface area contributed by atoms with Gasteiger partial charge in [0.05, 0.1) is 5.75 Å². The van der Waals surface area contributed by atoms with Crippen LogP contribution in [-0.4, -0.2) is 31.2 Å². The van der Waals surface area contributed by atoms with Crippen LogP contribution in [0.5, 0.6) is 0 Å². The van der Waals surface area contributed by atoms with Gasteiger partial charge in [0.2, 0.25) is 11.7 Å². The van der Waals surface area contributed by atoms with Gasteiger partial charge < -0.3 is 5.32 Å². The first-order valence-corrected chi connectivity index (χ1v) is 8.10. The molecular weight excluding hydrogens is 314 g/mol. The third-order valence-corrected chi connectivity index (χ3v) is 4.20. The average Bonchev–Trinajstić information content (AvgIpc) is 2.95. The van der Waals surface area contributed by atoms with Crippen molar-refractivity contribution >= 4 is 29.1 Å². The van der Waals surface area contributed by atoms with E-state index < -0.39 is 0 Å². The van der Waals surface area contributed by atoms with Gasteiger partial charge in [-0.25, -0.2) is 0 Å². The first-order valence-electron chi connectivity index (χ1n) is 7.11. The molecule has 0 aliphatic rings. The Morgan fingerprint density at radius 2 is 2.04 bits per heavy atom. The molecule has 7 nitrogen and oxygen atoms in total. The quantitative estimate of drug-likeness (QED) is 0.695. The minimum absolute atomic E-state index is 0.125. The highest BCUT2D eigenvalue weighted by molar-refractivity contribution is 7.99.